The van der Waals surface area contributed by atoms with Crippen LogP contribution in [0.25, 0.3) is 0 Å². The summed E-state index contributed by atoms with van der Waals surface area (Å²) in [5.41, 5.74) is 0. The molecule has 0 spiro atoms. The summed E-state index contributed by atoms with van der Waals surface area (Å²) in [6, 6.07) is 0. The molecule has 12 heavy (non-hydrogen) atoms. The molecule has 0 N–H and O–H groups in total. The Balaban J connectivity index is 3.65. The van der Waals surface area contributed by atoms with Crippen molar-refractivity contribution in [2.24, 2.45) is 4.99 Å². The highest BCUT2D eigenvalue weighted by molar-refractivity contribution is 6.33. The number of alkyl halides is 1. The summed E-state index contributed by atoms with van der Waals surface area (Å²) in [6.07, 6.45) is 1.33. The van der Waals surface area contributed by atoms with Gasteiger partial charge in [0.1, 0.15) is 11.5 Å². The molecule has 0 fully saturated rings. The number of nitrogens with zero attached hydrogens (tertiary/aromatic N) is 1. The summed E-state index contributed by atoms with van der Waals surface area (Å²) in [5.74, 6) is -0.523. The number of esters is 1. The number of ether oxygens (including phenoxy) is 1. The minimum absolute atomic E-state index is 0.0597. The van der Waals surface area contributed by atoms with Gasteiger partial charge >= 0.3 is 5.97 Å². The first kappa shape index (κ1) is 11.1. The molecule has 0 amide bonds. The Labute approximate surface area is 75.6 Å². The van der Waals surface area contributed by atoms with E-state index >= 15 is 0 Å². The second-order valence-corrected chi connectivity index (χ2v) is 3.53. The van der Waals surface area contributed by atoms with Gasteiger partial charge < -0.3 is 4.74 Å². The van der Waals surface area contributed by atoms with Crippen LogP contribution in [0, 0.1) is 0 Å². The summed E-state index contributed by atoms with van der Waals surface area (Å²) in [4.78, 5) is 22.7. The molecule has 0 atom stereocenters. The van der Waals surface area contributed by atoms with Crippen LogP contribution >= 0.6 is 11.6 Å². The Morgan fingerprint density at radius 3 is 2.67 bits per heavy atom. The van der Waals surface area contributed by atoms with Gasteiger partial charge in [-0.1, -0.05) is 0 Å². The average Bonchev–Trinajstić information content (AvgIpc) is 1.96. The van der Waals surface area contributed by atoms with Crippen molar-refractivity contribution in [2.45, 2.75) is 18.7 Å². The molecule has 0 aromatic carbocycles. The van der Waals surface area contributed by atoms with Crippen molar-refractivity contribution in [1.82, 2.24) is 0 Å². The fourth-order valence-electron chi connectivity index (χ4n) is 0.401. The van der Waals surface area contributed by atoms with E-state index in [4.69, 9.17) is 11.6 Å². The van der Waals surface area contributed by atoms with Crippen LogP contribution in [0.4, 0.5) is 0 Å². The fraction of sp³-hybridized carbons (Fsp3) is 0.714. The third-order valence-corrected chi connectivity index (χ3v) is 1.14. The Kier molecular flexibility index (Phi) is 4.55. The number of aliphatic imine (C=N–C) groups is 1. The Morgan fingerprint density at radius 1 is 1.67 bits per heavy atom. The smallest absolute Gasteiger partial charge is 0.326 e. The quantitative estimate of drug-likeness (QED) is 0.218. The van der Waals surface area contributed by atoms with Crippen LogP contribution in [0.5, 0.6) is 0 Å². The number of hydrogen-bond donors (Lipinski definition) is 0. The second kappa shape index (κ2) is 4.91. The first-order chi connectivity index (χ1) is 5.48. The maximum atomic E-state index is 10.9. The molecule has 68 valence electrons. The van der Waals surface area contributed by atoms with Crippen molar-refractivity contribution in [3.63, 3.8) is 0 Å². The number of carbonyl (C=O) groups is 1. The molecule has 4 nitrogen and oxygen atoms in total. The normalized spacial score (nSPS) is 10.2. The molecular weight excluding hydrogens is 182 g/mol. The number of isocyanates is 1. The molecule has 0 saturated carbocycles. The highest BCUT2D eigenvalue weighted by atomic mass is 35.5. The molecular formula is C7H10ClNO3. The van der Waals surface area contributed by atoms with Gasteiger partial charge in [-0.05, 0) is 13.8 Å². The lowest BCUT2D eigenvalue weighted by molar-refractivity contribution is -0.145. The van der Waals surface area contributed by atoms with Crippen molar-refractivity contribution in [1.29, 1.82) is 0 Å². The zero-order valence-corrected chi connectivity index (χ0v) is 7.72. The first-order valence-corrected chi connectivity index (χ1v) is 3.76. The zero-order valence-electron chi connectivity index (χ0n) is 6.96. The zero-order chi connectivity index (χ0) is 9.61. The monoisotopic (exact) mass is 191 g/mol. The predicted molar refractivity (Wildman–Crippen MR) is 43.9 cm³/mol. The lowest BCUT2D eigenvalue weighted by atomic mass is 10.2. The summed E-state index contributed by atoms with van der Waals surface area (Å²) >= 11 is 5.61. The number of rotatable bonds is 4. The van der Waals surface area contributed by atoms with Gasteiger partial charge in [-0.3, -0.25) is 4.79 Å². The lowest BCUT2D eigenvalue weighted by Crippen LogP contribution is -2.27. The molecule has 0 radical (unpaired) electrons. The van der Waals surface area contributed by atoms with Crippen LogP contribution in [0.1, 0.15) is 13.8 Å². The summed E-state index contributed by atoms with van der Waals surface area (Å²) in [5, 5.41) is 0. The van der Waals surface area contributed by atoms with Gasteiger partial charge in [0.25, 0.3) is 0 Å². The van der Waals surface area contributed by atoms with E-state index < -0.39 is 10.8 Å². The molecule has 0 heterocycles. The van der Waals surface area contributed by atoms with Gasteiger partial charge in [0.15, 0.2) is 0 Å². The Hall–Kier alpha value is -0.860. The van der Waals surface area contributed by atoms with Crippen molar-refractivity contribution in [2.75, 3.05) is 13.2 Å². The van der Waals surface area contributed by atoms with Crippen molar-refractivity contribution in [3.05, 3.63) is 0 Å². The Morgan fingerprint density at radius 2 is 2.25 bits per heavy atom. The third-order valence-electron chi connectivity index (χ3n) is 0.986. The molecule has 0 saturated heterocycles. The maximum Gasteiger partial charge on any atom is 0.326 e. The van der Waals surface area contributed by atoms with E-state index in [9.17, 15) is 9.59 Å². The second-order valence-electron chi connectivity index (χ2n) is 2.58. The number of hydrogen-bond acceptors (Lipinski definition) is 4. The summed E-state index contributed by atoms with van der Waals surface area (Å²) in [7, 11) is 0. The average molecular weight is 192 g/mol. The SMILES string of the molecule is CC(C)(Cl)C(=O)OCCN=C=O. The van der Waals surface area contributed by atoms with E-state index in [-0.39, 0.29) is 13.2 Å². The van der Waals surface area contributed by atoms with Crippen LogP contribution in [0.15, 0.2) is 4.99 Å². The van der Waals surface area contributed by atoms with E-state index in [0.717, 1.165) is 0 Å². The molecule has 0 unspecified atom stereocenters. The van der Waals surface area contributed by atoms with Crippen LogP contribution in [0.3, 0.4) is 0 Å². The van der Waals surface area contributed by atoms with Gasteiger partial charge in [-0.15, -0.1) is 11.6 Å². The molecule has 0 aromatic rings. The number of carbonyl (C=O) groups excluding carboxylic acids is 2. The largest absolute Gasteiger partial charge is 0.462 e. The molecule has 0 bridgehead atoms. The lowest BCUT2D eigenvalue weighted by Gasteiger charge is -2.13. The molecule has 0 aliphatic carbocycles. The highest BCUT2D eigenvalue weighted by Crippen LogP contribution is 2.13. The summed E-state index contributed by atoms with van der Waals surface area (Å²) < 4.78 is 4.66. The maximum absolute atomic E-state index is 10.9. The minimum atomic E-state index is -1.02. The van der Waals surface area contributed by atoms with E-state index in [1.165, 1.54) is 19.9 Å². The molecule has 0 aliphatic rings. The summed E-state index contributed by atoms with van der Waals surface area (Å²) in [6.45, 7) is 3.24. The first-order valence-electron chi connectivity index (χ1n) is 3.38. The van der Waals surface area contributed by atoms with Crippen molar-refractivity contribution in [3.8, 4) is 0 Å². The van der Waals surface area contributed by atoms with E-state index in [0.29, 0.717) is 0 Å². The van der Waals surface area contributed by atoms with Crippen LogP contribution in [0.2, 0.25) is 0 Å². The van der Waals surface area contributed by atoms with E-state index in [2.05, 4.69) is 9.73 Å². The fourth-order valence-corrected chi connectivity index (χ4v) is 0.456. The van der Waals surface area contributed by atoms with Crippen molar-refractivity contribution < 1.29 is 14.3 Å². The predicted octanol–water partition coefficient (Wildman–Crippen LogP) is 0.883. The standard InChI is InChI=1S/C7H10ClNO3/c1-7(2,8)6(11)12-4-3-9-5-10/h3-4H2,1-2H3. The van der Waals surface area contributed by atoms with Gasteiger partial charge in [-0.25, -0.2) is 9.79 Å². The molecule has 0 rings (SSSR count). The molecule has 0 aromatic heterocycles. The van der Waals surface area contributed by atoms with Gasteiger partial charge in [0, 0.05) is 0 Å². The van der Waals surface area contributed by atoms with E-state index in [1.54, 1.807) is 0 Å². The van der Waals surface area contributed by atoms with Gasteiger partial charge in [-0.2, -0.15) is 0 Å². The molecule has 0 aliphatic heterocycles. The highest BCUT2D eigenvalue weighted by Gasteiger charge is 2.25. The van der Waals surface area contributed by atoms with Crippen LogP contribution in [-0.4, -0.2) is 30.1 Å². The van der Waals surface area contributed by atoms with Crippen LogP contribution < -0.4 is 0 Å². The minimum Gasteiger partial charge on any atom is -0.462 e. The van der Waals surface area contributed by atoms with Crippen molar-refractivity contribution >= 4 is 23.7 Å². The Bertz CT molecular complexity index is 203. The third kappa shape index (κ3) is 4.88. The topological polar surface area (TPSA) is 55.7 Å². The number of halogens is 1. The van der Waals surface area contributed by atoms with E-state index in [1.807, 2.05) is 0 Å². The molecule has 5 heteroatoms. The van der Waals surface area contributed by atoms with Gasteiger partial charge in [0.05, 0.1) is 6.54 Å². The van der Waals surface area contributed by atoms with Gasteiger partial charge in [0.2, 0.25) is 6.08 Å². The van der Waals surface area contributed by atoms with Crippen LogP contribution in [-0.2, 0) is 14.3 Å².